The van der Waals surface area contributed by atoms with Crippen LogP contribution >= 0.6 is 0 Å². The molecule has 1 saturated heterocycles. The maximum Gasteiger partial charge on any atom is 0.308 e. The minimum Gasteiger partial charge on any atom is -0.494 e. The summed E-state index contributed by atoms with van der Waals surface area (Å²) < 4.78 is 18.5. The molecule has 0 aliphatic carbocycles. The van der Waals surface area contributed by atoms with E-state index < -0.39 is 17.7 Å². The molecule has 6 heteroatoms. The van der Waals surface area contributed by atoms with E-state index in [9.17, 15) is 14.0 Å². The zero-order valence-corrected chi connectivity index (χ0v) is 11.3. The van der Waals surface area contributed by atoms with Crippen molar-refractivity contribution in [1.82, 2.24) is 4.90 Å². The van der Waals surface area contributed by atoms with E-state index in [0.29, 0.717) is 5.56 Å². The van der Waals surface area contributed by atoms with Crippen molar-refractivity contribution < 1.29 is 23.8 Å². The van der Waals surface area contributed by atoms with Crippen LogP contribution in [0.25, 0.3) is 0 Å². The van der Waals surface area contributed by atoms with E-state index in [2.05, 4.69) is 0 Å². The Labute approximate surface area is 116 Å². The molecule has 108 valence electrons. The number of carboxylic acids is 1. The fourth-order valence-corrected chi connectivity index (χ4v) is 2.39. The second-order valence-electron chi connectivity index (χ2n) is 4.86. The summed E-state index contributed by atoms with van der Waals surface area (Å²) in [5.41, 5.74) is 0.614. The minimum absolute atomic E-state index is 0.00168. The van der Waals surface area contributed by atoms with Crippen molar-refractivity contribution in [2.24, 2.45) is 5.92 Å². The minimum atomic E-state index is -0.978. The molecule has 0 radical (unpaired) electrons. The van der Waals surface area contributed by atoms with Gasteiger partial charge in [0.25, 0.3) is 0 Å². The summed E-state index contributed by atoms with van der Waals surface area (Å²) >= 11 is 0. The third-order valence-corrected chi connectivity index (χ3v) is 3.63. The van der Waals surface area contributed by atoms with Gasteiger partial charge in [0.2, 0.25) is 5.91 Å². The molecule has 0 bridgehead atoms. The van der Waals surface area contributed by atoms with Gasteiger partial charge in [-0.15, -0.1) is 0 Å². The molecule has 2 atom stereocenters. The van der Waals surface area contributed by atoms with E-state index >= 15 is 0 Å². The lowest BCUT2D eigenvalue weighted by Gasteiger charge is -2.25. The number of aliphatic carboxylic acids is 1. The van der Waals surface area contributed by atoms with Crippen LogP contribution in [0.2, 0.25) is 0 Å². The number of benzene rings is 1. The average Bonchev–Trinajstić information content (AvgIpc) is 2.80. The molecule has 1 amide bonds. The van der Waals surface area contributed by atoms with Crippen molar-refractivity contribution in [2.75, 3.05) is 13.7 Å². The van der Waals surface area contributed by atoms with Gasteiger partial charge in [-0.2, -0.15) is 0 Å². The number of hydrogen-bond acceptors (Lipinski definition) is 3. The molecule has 0 spiro atoms. The molecule has 20 heavy (non-hydrogen) atoms. The van der Waals surface area contributed by atoms with Crippen molar-refractivity contribution in [3.05, 3.63) is 29.6 Å². The van der Waals surface area contributed by atoms with Crippen molar-refractivity contribution in [3.63, 3.8) is 0 Å². The normalized spacial score (nSPS) is 20.1. The third kappa shape index (κ3) is 2.59. The van der Waals surface area contributed by atoms with Crippen LogP contribution < -0.4 is 4.74 Å². The molecular formula is C14H16FNO4. The standard InChI is InChI=1S/C14H16FNO4/c1-8(9-3-4-12(20-2)11(15)5-9)16-7-10(14(18)19)6-13(16)17/h3-5,8,10H,6-7H2,1-2H3,(H,18,19)/t8-,10+/m1/s1. The summed E-state index contributed by atoms with van der Waals surface area (Å²) in [6, 6.07) is 4.11. The molecule has 0 unspecified atom stereocenters. The number of likely N-dealkylation sites (tertiary alicyclic amines) is 1. The highest BCUT2D eigenvalue weighted by atomic mass is 19.1. The molecule has 1 N–H and O–H groups in total. The molecule has 0 aromatic heterocycles. The van der Waals surface area contributed by atoms with E-state index in [0.717, 1.165) is 0 Å². The Morgan fingerprint density at radius 2 is 2.25 bits per heavy atom. The predicted octanol–water partition coefficient (Wildman–Crippen LogP) is 1.83. The Balaban J connectivity index is 2.19. The van der Waals surface area contributed by atoms with Gasteiger partial charge in [-0.3, -0.25) is 9.59 Å². The zero-order chi connectivity index (χ0) is 14.9. The van der Waals surface area contributed by atoms with Crippen LogP contribution in [0.1, 0.15) is 24.9 Å². The van der Waals surface area contributed by atoms with Crippen molar-refractivity contribution in [2.45, 2.75) is 19.4 Å². The van der Waals surface area contributed by atoms with E-state index in [1.54, 1.807) is 13.0 Å². The van der Waals surface area contributed by atoms with Crippen LogP contribution in [-0.2, 0) is 9.59 Å². The topological polar surface area (TPSA) is 66.8 Å². The number of hydrogen-bond donors (Lipinski definition) is 1. The predicted molar refractivity (Wildman–Crippen MR) is 68.8 cm³/mol. The van der Waals surface area contributed by atoms with Gasteiger partial charge in [0.05, 0.1) is 19.1 Å². The highest BCUT2D eigenvalue weighted by molar-refractivity contribution is 5.86. The first-order valence-electron chi connectivity index (χ1n) is 6.29. The van der Waals surface area contributed by atoms with Gasteiger partial charge in [0.1, 0.15) is 0 Å². The maximum atomic E-state index is 13.7. The molecule has 0 saturated carbocycles. The summed E-state index contributed by atoms with van der Waals surface area (Å²) in [5.74, 6) is -2.25. The summed E-state index contributed by atoms with van der Waals surface area (Å²) in [6.45, 7) is 1.91. The Bertz CT molecular complexity index is 546. The fourth-order valence-electron chi connectivity index (χ4n) is 2.39. The van der Waals surface area contributed by atoms with Crippen LogP contribution in [0.3, 0.4) is 0 Å². The molecule has 1 aromatic carbocycles. The fraction of sp³-hybridized carbons (Fsp3) is 0.429. The van der Waals surface area contributed by atoms with Crippen LogP contribution in [-0.4, -0.2) is 35.5 Å². The first kappa shape index (κ1) is 14.3. The first-order chi connectivity index (χ1) is 9.43. The summed E-state index contributed by atoms with van der Waals surface area (Å²) in [5, 5.41) is 8.96. The van der Waals surface area contributed by atoms with Crippen molar-refractivity contribution in [3.8, 4) is 5.75 Å². The highest BCUT2D eigenvalue weighted by Crippen LogP contribution is 2.30. The number of nitrogens with zero attached hydrogens (tertiary/aromatic N) is 1. The Morgan fingerprint density at radius 3 is 2.75 bits per heavy atom. The monoisotopic (exact) mass is 281 g/mol. The lowest BCUT2D eigenvalue weighted by molar-refractivity contribution is -0.141. The summed E-state index contributed by atoms with van der Waals surface area (Å²) in [4.78, 5) is 24.3. The maximum absolute atomic E-state index is 13.7. The molecule has 5 nitrogen and oxygen atoms in total. The number of carbonyl (C=O) groups excluding carboxylic acids is 1. The van der Waals surface area contributed by atoms with Gasteiger partial charge in [-0.05, 0) is 24.6 Å². The van der Waals surface area contributed by atoms with E-state index in [1.807, 2.05) is 0 Å². The number of halogens is 1. The van der Waals surface area contributed by atoms with Gasteiger partial charge >= 0.3 is 5.97 Å². The number of ether oxygens (including phenoxy) is 1. The number of methoxy groups -OCH3 is 1. The van der Waals surface area contributed by atoms with E-state index in [4.69, 9.17) is 9.84 Å². The van der Waals surface area contributed by atoms with Crippen LogP contribution in [0.4, 0.5) is 4.39 Å². The second kappa shape index (κ2) is 5.48. The van der Waals surface area contributed by atoms with Gasteiger partial charge < -0.3 is 14.7 Å². The average molecular weight is 281 g/mol. The SMILES string of the molecule is COc1ccc([C@@H](C)N2C[C@@H](C(=O)O)CC2=O)cc1F. The molecule has 1 aliphatic heterocycles. The smallest absolute Gasteiger partial charge is 0.308 e. The van der Waals surface area contributed by atoms with Crippen molar-refractivity contribution in [1.29, 1.82) is 0 Å². The van der Waals surface area contributed by atoms with Gasteiger partial charge in [-0.1, -0.05) is 6.07 Å². The number of carbonyl (C=O) groups is 2. The molecule has 1 heterocycles. The molecular weight excluding hydrogens is 265 g/mol. The summed E-state index contributed by atoms with van der Waals surface area (Å²) in [7, 11) is 1.38. The van der Waals surface area contributed by atoms with Gasteiger partial charge in [0, 0.05) is 13.0 Å². The van der Waals surface area contributed by atoms with Gasteiger partial charge in [0.15, 0.2) is 11.6 Å². The largest absolute Gasteiger partial charge is 0.494 e. The first-order valence-corrected chi connectivity index (χ1v) is 6.29. The number of amides is 1. The molecule has 1 aromatic rings. The van der Waals surface area contributed by atoms with Crippen LogP contribution in [0.5, 0.6) is 5.75 Å². The Kier molecular flexibility index (Phi) is 3.92. The van der Waals surface area contributed by atoms with Crippen LogP contribution in [0.15, 0.2) is 18.2 Å². The highest BCUT2D eigenvalue weighted by Gasteiger charge is 2.37. The lowest BCUT2D eigenvalue weighted by Crippen LogP contribution is -2.29. The van der Waals surface area contributed by atoms with Crippen LogP contribution in [0, 0.1) is 11.7 Å². The molecule has 2 rings (SSSR count). The lowest BCUT2D eigenvalue weighted by atomic mass is 10.1. The van der Waals surface area contributed by atoms with Gasteiger partial charge in [-0.25, -0.2) is 4.39 Å². The second-order valence-corrected chi connectivity index (χ2v) is 4.86. The third-order valence-electron chi connectivity index (χ3n) is 3.63. The molecule has 1 fully saturated rings. The number of carboxylic acid groups (broad SMARTS) is 1. The zero-order valence-electron chi connectivity index (χ0n) is 11.3. The van der Waals surface area contributed by atoms with Crippen molar-refractivity contribution >= 4 is 11.9 Å². The Hall–Kier alpha value is -2.11. The van der Waals surface area contributed by atoms with E-state index in [-0.39, 0.29) is 30.7 Å². The number of rotatable bonds is 4. The van der Waals surface area contributed by atoms with E-state index in [1.165, 1.54) is 24.1 Å². The summed E-state index contributed by atoms with van der Waals surface area (Å²) in [6.07, 6.45) is -0.00168. The quantitative estimate of drug-likeness (QED) is 0.914. The molecule has 1 aliphatic rings. The Morgan fingerprint density at radius 1 is 1.55 bits per heavy atom.